The number of amides is 1. The van der Waals surface area contributed by atoms with Gasteiger partial charge in [-0.2, -0.15) is 0 Å². The number of pyridine rings is 1. The normalized spacial score (nSPS) is 20.1. The van der Waals surface area contributed by atoms with Crippen LogP contribution in [0.3, 0.4) is 0 Å². The maximum absolute atomic E-state index is 11.6. The molecule has 1 aliphatic rings. The van der Waals surface area contributed by atoms with E-state index in [0.29, 0.717) is 18.8 Å². The maximum Gasteiger partial charge on any atom is 0.253 e. The zero-order valence-electron chi connectivity index (χ0n) is 8.14. The average molecular weight is 208 g/mol. The summed E-state index contributed by atoms with van der Waals surface area (Å²) < 4.78 is 5.14. The summed E-state index contributed by atoms with van der Waals surface area (Å²) in [5.41, 5.74) is 0.363. The molecule has 2 rings (SSSR count). The first-order valence-corrected chi connectivity index (χ1v) is 4.78. The summed E-state index contributed by atoms with van der Waals surface area (Å²) in [6.07, 6.45) is 3.54. The SMILES string of the molecule is O=C(N[C@H]1CCOC1)c1cncc(O)c1. The molecule has 2 heterocycles. The third kappa shape index (κ3) is 2.44. The Morgan fingerprint density at radius 3 is 3.13 bits per heavy atom. The van der Waals surface area contributed by atoms with Crippen LogP contribution in [0.4, 0.5) is 0 Å². The number of carbonyl (C=O) groups excluding carboxylic acids is 1. The number of rotatable bonds is 2. The van der Waals surface area contributed by atoms with Crippen molar-refractivity contribution in [2.24, 2.45) is 0 Å². The highest BCUT2D eigenvalue weighted by Crippen LogP contribution is 2.10. The number of nitrogens with one attached hydrogen (secondary N) is 1. The van der Waals surface area contributed by atoms with Gasteiger partial charge in [-0.3, -0.25) is 9.78 Å². The fourth-order valence-electron chi connectivity index (χ4n) is 1.47. The molecule has 1 aromatic rings. The number of hydrogen-bond donors (Lipinski definition) is 2. The van der Waals surface area contributed by atoms with E-state index < -0.39 is 0 Å². The topological polar surface area (TPSA) is 71.5 Å². The molecular formula is C10H12N2O3. The van der Waals surface area contributed by atoms with Crippen LogP contribution in [0.2, 0.25) is 0 Å². The molecule has 1 aromatic heterocycles. The van der Waals surface area contributed by atoms with Crippen molar-refractivity contribution in [1.82, 2.24) is 10.3 Å². The van der Waals surface area contributed by atoms with Crippen LogP contribution in [-0.4, -0.2) is 35.3 Å². The average Bonchev–Trinajstić information content (AvgIpc) is 2.70. The molecule has 15 heavy (non-hydrogen) atoms. The Bertz CT molecular complexity index is 361. The van der Waals surface area contributed by atoms with Gasteiger partial charge in [-0.15, -0.1) is 0 Å². The fourth-order valence-corrected chi connectivity index (χ4v) is 1.47. The van der Waals surface area contributed by atoms with E-state index in [9.17, 15) is 4.79 Å². The van der Waals surface area contributed by atoms with Gasteiger partial charge >= 0.3 is 0 Å². The van der Waals surface area contributed by atoms with Crippen LogP contribution >= 0.6 is 0 Å². The van der Waals surface area contributed by atoms with Crippen molar-refractivity contribution in [3.05, 3.63) is 24.0 Å². The quantitative estimate of drug-likeness (QED) is 0.733. The van der Waals surface area contributed by atoms with Gasteiger partial charge in [-0.25, -0.2) is 0 Å². The lowest BCUT2D eigenvalue weighted by molar-refractivity contribution is 0.0929. The first-order chi connectivity index (χ1) is 7.25. The summed E-state index contributed by atoms with van der Waals surface area (Å²) in [6.45, 7) is 1.24. The van der Waals surface area contributed by atoms with E-state index >= 15 is 0 Å². The first-order valence-electron chi connectivity index (χ1n) is 4.78. The van der Waals surface area contributed by atoms with E-state index in [0.717, 1.165) is 6.42 Å². The lowest BCUT2D eigenvalue weighted by atomic mass is 10.2. The molecule has 0 radical (unpaired) electrons. The Balaban J connectivity index is 2.01. The van der Waals surface area contributed by atoms with Crippen molar-refractivity contribution in [3.8, 4) is 5.75 Å². The minimum absolute atomic E-state index is 0.00896. The molecule has 1 aliphatic heterocycles. The van der Waals surface area contributed by atoms with Crippen LogP contribution in [-0.2, 0) is 4.74 Å². The molecular weight excluding hydrogens is 196 g/mol. The number of ether oxygens (including phenoxy) is 1. The fraction of sp³-hybridized carbons (Fsp3) is 0.400. The highest BCUT2D eigenvalue weighted by atomic mass is 16.5. The largest absolute Gasteiger partial charge is 0.506 e. The van der Waals surface area contributed by atoms with Gasteiger partial charge in [-0.1, -0.05) is 0 Å². The predicted octanol–water partition coefficient (Wildman–Crippen LogP) is 0.306. The standard InChI is InChI=1S/C10H12N2O3/c13-9-3-7(4-11-5-9)10(14)12-8-1-2-15-6-8/h3-5,8,13H,1-2,6H2,(H,12,14)/t8-/m0/s1. The van der Waals surface area contributed by atoms with Crippen molar-refractivity contribution in [2.75, 3.05) is 13.2 Å². The van der Waals surface area contributed by atoms with Gasteiger partial charge in [0.15, 0.2) is 0 Å². The Labute approximate surface area is 87.1 Å². The molecule has 0 aromatic carbocycles. The van der Waals surface area contributed by atoms with Gasteiger partial charge in [0.2, 0.25) is 0 Å². The zero-order valence-corrected chi connectivity index (χ0v) is 8.14. The van der Waals surface area contributed by atoms with Crippen LogP contribution in [0.15, 0.2) is 18.5 Å². The van der Waals surface area contributed by atoms with E-state index in [-0.39, 0.29) is 17.7 Å². The monoisotopic (exact) mass is 208 g/mol. The first kappa shape index (κ1) is 9.92. The summed E-state index contributed by atoms with van der Waals surface area (Å²) in [5, 5.41) is 12.0. The minimum Gasteiger partial charge on any atom is -0.506 e. The van der Waals surface area contributed by atoms with Gasteiger partial charge in [0.05, 0.1) is 24.4 Å². The van der Waals surface area contributed by atoms with Gasteiger partial charge < -0.3 is 15.2 Å². The van der Waals surface area contributed by atoms with Gasteiger partial charge in [0.1, 0.15) is 5.75 Å². The second-order valence-corrected chi connectivity index (χ2v) is 3.47. The van der Waals surface area contributed by atoms with Crippen LogP contribution in [0.1, 0.15) is 16.8 Å². The van der Waals surface area contributed by atoms with Crippen molar-refractivity contribution >= 4 is 5.91 Å². The zero-order chi connectivity index (χ0) is 10.7. The van der Waals surface area contributed by atoms with Crippen molar-refractivity contribution < 1.29 is 14.6 Å². The third-order valence-electron chi connectivity index (χ3n) is 2.25. The van der Waals surface area contributed by atoms with E-state index in [4.69, 9.17) is 9.84 Å². The van der Waals surface area contributed by atoms with Crippen molar-refractivity contribution in [2.45, 2.75) is 12.5 Å². The highest BCUT2D eigenvalue weighted by molar-refractivity contribution is 5.94. The molecule has 5 heteroatoms. The van der Waals surface area contributed by atoms with Crippen LogP contribution < -0.4 is 5.32 Å². The molecule has 1 saturated heterocycles. The second kappa shape index (κ2) is 4.27. The summed E-state index contributed by atoms with van der Waals surface area (Å²) in [7, 11) is 0. The van der Waals surface area contributed by atoms with Crippen molar-refractivity contribution in [1.29, 1.82) is 0 Å². The summed E-state index contributed by atoms with van der Waals surface area (Å²) in [5.74, 6) is -0.237. The summed E-state index contributed by atoms with van der Waals surface area (Å²) in [6, 6.07) is 1.46. The molecule has 0 unspecified atom stereocenters. The summed E-state index contributed by atoms with van der Waals surface area (Å²) >= 11 is 0. The molecule has 0 saturated carbocycles. The second-order valence-electron chi connectivity index (χ2n) is 3.47. The molecule has 0 aliphatic carbocycles. The van der Waals surface area contributed by atoms with E-state index in [1.165, 1.54) is 18.5 Å². The van der Waals surface area contributed by atoms with Gasteiger partial charge in [-0.05, 0) is 12.5 Å². The molecule has 1 fully saturated rings. The van der Waals surface area contributed by atoms with Crippen molar-refractivity contribution in [3.63, 3.8) is 0 Å². The van der Waals surface area contributed by atoms with Crippen LogP contribution in [0.25, 0.3) is 0 Å². The third-order valence-corrected chi connectivity index (χ3v) is 2.25. The number of aromatic hydroxyl groups is 1. The molecule has 5 nitrogen and oxygen atoms in total. The number of aromatic nitrogens is 1. The summed E-state index contributed by atoms with van der Waals surface area (Å²) in [4.78, 5) is 15.4. The lowest BCUT2D eigenvalue weighted by Crippen LogP contribution is -2.35. The Kier molecular flexibility index (Phi) is 2.82. The Morgan fingerprint density at radius 1 is 1.60 bits per heavy atom. The smallest absolute Gasteiger partial charge is 0.253 e. The Morgan fingerprint density at radius 2 is 2.47 bits per heavy atom. The van der Waals surface area contributed by atoms with Crippen LogP contribution in [0.5, 0.6) is 5.75 Å². The predicted molar refractivity (Wildman–Crippen MR) is 52.6 cm³/mol. The number of hydrogen-bond acceptors (Lipinski definition) is 4. The molecule has 1 amide bonds. The van der Waals surface area contributed by atoms with E-state index in [2.05, 4.69) is 10.3 Å². The minimum atomic E-state index is -0.228. The molecule has 80 valence electrons. The molecule has 2 N–H and O–H groups in total. The molecule has 0 bridgehead atoms. The van der Waals surface area contributed by atoms with E-state index in [1.54, 1.807) is 0 Å². The highest BCUT2D eigenvalue weighted by Gasteiger charge is 2.18. The number of carbonyl (C=O) groups is 1. The number of nitrogens with zero attached hydrogens (tertiary/aromatic N) is 1. The molecule has 1 atom stereocenters. The van der Waals surface area contributed by atoms with Crippen LogP contribution in [0, 0.1) is 0 Å². The van der Waals surface area contributed by atoms with E-state index in [1.807, 2.05) is 0 Å². The maximum atomic E-state index is 11.6. The lowest BCUT2D eigenvalue weighted by Gasteiger charge is -2.10. The van der Waals surface area contributed by atoms with Gasteiger partial charge in [0, 0.05) is 12.8 Å². The Hall–Kier alpha value is -1.62. The molecule has 0 spiro atoms. The van der Waals surface area contributed by atoms with Gasteiger partial charge in [0.25, 0.3) is 5.91 Å².